The van der Waals surface area contributed by atoms with Crippen molar-refractivity contribution in [3.05, 3.63) is 24.1 Å². The molecule has 0 aliphatic carbocycles. The molecule has 2 heterocycles. The van der Waals surface area contributed by atoms with Gasteiger partial charge in [0.1, 0.15) is 6.07 Å². The highest BCUT2D eigenvalue weighted by molar-refractivity contribution is 5.54. The van der Waals surface area contributed by atoms with E-state index in [1.165, 1.54) is 11.2 Å². The monoisotopic (exact) mass is 247 g/mol. The predicted octanol–water partition coefficient (Wildman–Crippen LogP) is 0.363. The van der Waals surface area contributed by atoms with E-state index < -0.39 is 0 Å². The molecule has 2 N–H and O–H groups in total. The minimum atomic E-state index is 0.246. The zero-order valence-corrected chi connectivity index (χ0v) is 10.4. The molecule has 0 bridgehead atoms. The second-order valence-electron chi connectivity index (χ2n) is 4.17. The first-order valence-corrected chi connectivity index (χ1v) is 5.68. The van der Waals surface area contributed by atoms with E-state index in [9.17, 15) is 0 Å². The molecule has 0 fully saturated rings. The van der Waals surface area contributed by atoms with Gasteiger partial charge in [-0.3, -0.25) is 0 Å². The molecule has 0 amide bonds. The van der Waals surface area contributed by atoms with E-state index in [1.807, 2.05) is 6.07 Å². The first-order chi connectivity index (χ1) is 8.70. The lowest BCUT2D eigenvalue weighted by atomic mass is 10.4. The maximum Gasteiger partial charge on any atom is 0.266 e. The maximum absolute atomic E-state index is 8.99. The number of oxazole rings is 1. The number of rotatable bonds is 5. The fourth-order valence-electron chi connectivity index (χ4n) is 1.45. The van der Waals surface area contributed by atoms with Gasteiger partial charge in [-0.05, 0) is 12.1 Å². The predicted molar refractivity (Wildman–Crippen MR) is 65.1 cm³/mol. The molecule has 2 rings (SSSR count). The summed E-state index contributed by atoms with van der Waals surface area (Å²) >= 11 is 0. The van der Waals surface area contributed by atoms with Crippen LogP contribution in [0.3, 0.4) is 0 Å². The minimum Gasteiger partial charge on any atom is -0.459 e. The van der Waals surface area contributed by atoms with Gasteiger partial charge in [0, 0.05) is 0 Å². The molecule has 0 radical (unpaired) electrons. The number of furan rings is 1. The van der Waals surface area contributed by atoms with Crippen molar-refractivity contribution in [3.63, 3.8) is 0 Å². The molecular formula is C12H15N4O2+. The molecule has 18 heavy (non-hydrogen) atoms. The van der Waals surface area contributed by atoms with Crippen LogP contribution in [0.5, 0.6) is 0 Å². The van der Waals surface area contributed by atoms with E-state index in [0.717, 1.165) is 6.54 Å². The molecule has 0 atom stereocenters. The lowest BCUT2D eigenvalue weighted by Gasteiger charge is -2.06. The van der Waals surface area contributed by atoms with Gasteiger partial charge in [0.2, 0.25) is 11.6 Å². The lowest BCUT2D eigenvalue weighted by Crippen LogP contribution is -3.06. The van der Waals surface area contributed by atoms with Crippen LogP contribution in [0, 0.1) is 11.3 Å². The molecule has 0 aromatic carbocycles. The van der Waals surface area contributed by atoms with E-state index in [4.69, 9.17) is 14.1 Å². The van der Waals surface area contributed by atoms with E-state index >= 15 is 0 Å². The zero-order valence-electron chi connectivity index (χ0n) is 10.4. The zero-order chi connectivity index (χ0) is 13.0. The molecule has 0 spiro atoms. The number of hydrogen-bond acceptors (Lipinski definition) is 5. The number of anilines is 1. The van der Waals surface area contributed by atoms with Crippen LogP contribution in [0.2, 0.25) is 0 Å². The van der Waals surface area contributed by atoms with Gasteiger partial charge < -0.3 is 19.1 Å². The number of nitrogens with one attached hydrogen (secondary N) is 2. The van der Waals surface area contributed by atoms with Crippen LogP contribution in [0.15, 0.2) is 27.2 Å². The number of likely N-dealkylation sites (N-methyl/N-ethyl adjacent to an activating group) is 1. The van der Waals surface area contributed by atoms with Gasteiger partial charge in [0.15, 0.2) is 5.76 Å². The summed E-state index contributed by atoms with van der Waals surface area (Å²) in [6.07, 6.45) is 1.54. The Balaban J connectivity index is 2.13. The Bertz CT molecular complexity index is 537. The van der Waals surface area contributed by atoms with Crippen molar-refractivity contribution in [2.75, 3.05) is 32.5 Å². The second kappa shape index (κ2) is 5.38. The Morgan fingerprint density at radius 3 is 2.94 bits per heavy atom. The molecule has 2 aromatic rings. The van der Waals surface area contributed by atoms with Crippen LogP contribution in [-0.2, 0) is 0 Å². The fourth-order valence-corrected chi connectivity index (χ4v) is 1.45. The highest BCUT2D eigenvalue weighted by Gasteiger charge is 2.15. The van der Waals surface area contributed by atoms with Gasteiger partial charge in [-0.1, -0.05) is 0 Å². The molecule has 94 valence electrons. The van der Waals surface area contributed by atoms with Crippen LogP contribution in [0.4, 0.5) is 5.88 Å². The summed E-state index contributed by atoms with van der Waals surface area (Å²) in [4.78, 5) is 5.39. The van der Waals surface area contributed by atoms with Crippen molar-refractivity contribution in [3.8, 4) is 17.7 Å². The Morgan fingerprint density at radius 1 is 1.50 bits per heavy atom. The van der Waals surface area contributed by atoms with Crippen LogP contribution in [0.25, 0.3) is 11.7 Å². The normalized spacial score (nSPS) is 10.6. The Kier molecular flexibility index (Phi) is 3.65. The van der Waals surface area contributed by atoms with E-state index in [-0.39, 0.29) is 5.69 Å². The molecule has 0 saturated heterocycles. The molecule has 0 unspecified atom stereocenters. The van der Waals surface area contributed by atoms with Gasteiger partial charge in [-0.2, -0.15) is 10.2 Å². The van der Waals surface area contributed by atoms with Crippen molar-refractivity contribution < 1.29 is 13.7 Å². The smallest absolute Gasteiger partial charge is 0.266 e. The summed E-state index contributed by atoms with van der Waals surface area (Å²) in [5.41, 5.74) is 0.246. The van der Waals surface area contributed by atoms with E-state index in [2.05, 4.69) is 24.4 Å². The first-order valence-electron chi connectivity index (χ1n) is 5.68. The number of nitrogens with zero attached hydrogens (tertiary/aromatic N) is 2. The highest BCUT2D eigenvalue weighted by Crippen LogP contribution is 2.25. The van der Waals surface area contributed by atoms with Gasteiger partial charge in [-0.15, -0.1) is 0 Å². The van der Waals surface area contributed by atoms with Crippen LogP contribution in [-0.4, -0.2) is 32.2 Å². The minimum absolute atomic E-state index is 0.246. The summed E-state index contributed by atoms with van der Waals surface area (Å²) < 4.78 is 10.7. The standard InChI is InChI=1S/C12H14N4O2/c1-16(2)6-5-14-11-9(8-13)15-12(18-11)10-4-3-7-17-10/h3-4,7,14H,5-6H2,1-2H3/p+1. The summed E-state index contributed by atoms with van der Waals surface area (Å²) in [7, 11) is 4.11. The quantitative estimate of drug-likeness (QED) is 0.797. The summed E-state index contributed by atoms with van der Waals surface area (Å²) in [5.74, 6) is 1.22. The SMILES string of the molecule is C[NH+](C)CCNc1oc(-c2ccco2)nc1C#N. The number of nitriles is 1. The Morgan fingerprint density at radius 2 is 2.33 bits per heavy atom. The van der Waals surface area contributed by atoms with Gasteiger partial charge in [0.05, 0.1) is 33.4 Å². The largest absolute Gasteiger partial charge is 0.459 e. The van der Waals surface area contributed by atoms with Crippen molar-refractivity contribution in [1.82, 2.24) is 4.98 Å². The number of hydrogen-bond donors (Lipinski definition) is 2. The third kappa shape index (κ3) is 2.70. The number of quaternary nitrogens is 1. The van der Waals surface area contributed by atoms with Gasteiger partial charge in [-0.25, -0.2) is 0 Å². The van der Waals surface area contributed by atoms with Gasteiger partial charge in [0.25, 0.3) is 5.89 Å². The van der Waals surface area contributed by atoms with E-state index in [1.54, 1.807) is 12.1 Å². The maximum atomic E-state index is 8.99. The summed E-state index contributed by atoms with van der Waals surface area (Å²) in [6, 6.07) is 5.48. The molecule has 2 aromatic heterocycles. The summed E-state index contributed by atoms with van der Waals surface area (Å²) in [5, 5.41) is 12.1. The third-order valence-electron chi connectivity index (χ3n) is 2.38. The average molecular weight is 247 g/mol. The number of aromatic nitrogens is 1. The topological polar surface area (TPSA) is 79.4 Å². The first kappa shape index (κ1) is 12.2. The second-order valence-corrected chi connectivity index (χ2v) is 4.17. The van der Waals surface area contributed by atoms with Gasteiger partial charge >= 0.3 is 0 Å². The Labute approximate surface area is 105 Å². The molecule has 0 aliphatic heterocycles. The average Bonchev–Trinajstić information content (AvgIpc) is 2.96. The molecule has 0 saturated carbocycles. The van der Waals surface area contributed by atoms with Crippen molar-refractivity contribution in [2.24, 2.45) is 0 Å². The van der Waals surface area contributed by atoms with Crippen LogP contribution >= 0.6 is 0 Å². The summed E-state index contributed by atoms with van der Waals surface area (Å²) in [6.45, 7) is 1.63. The molecule has 6 heteroatoms. The van der Waals surface area contributed by atoms with Crippen molar-refractivity contribution in [2.45, 2.75) is 0 Å². The van der Waals surface area contributed by atoms with Crippen molar-refractivity contribution in [1.29, 1.82) is 5.26 Å². The molecule has 6 nitrogen and oxygen atoms in total. The van der Waals surface area contributed by atoms with E-state index in [0.29, 0.717) is 24.1 Å². The van der Waals surface area contributed by atoms with Crippen molar-refractivity contribution >= 4 is 5.88 Å². The Hall–Kier alpha value is -2.26. The highest BCUT2D eigenvalue weighted by atomic mass is 16.4. The van der Waals surface area contributed by atoms with Crippen LogP contribution < -0.4 is 10.2 Å². The fraction of sp³-hybridized carbons (Fsp3) is 0.333. The molecular weight excluding hydrogens is 232 g/mol. The lowest BCUT2D eigenvalue weighted by molar-refractivity contribution is -0.856. The van der Waals surface area contributed by atoms with Crippen LogP contribution in [0.1, 0.15) is 5.69 Å². The molecule has 0 aliphatic rings. The third-order valence-corrected chi connectivity index (χ3v) is 2.38.